The van der Waals surface area contributed by atoms with Gasteiger partial charge in [-0.3, -0.25) is 0 Å². The van der Waals surface area contributed by atoms with E-state index >= 15 is 0 Å². The van der Waals surface area contributed by atoms with E-state index in [-0.39, 0.29) is 0 Å². The minimum absolute atomic E-state index is 0.398. The third-order valence-corrected chi connectivity index (χ3v) is 2.78. The van der Waals surface area contributed by atoms with Crippen LogP contribution in [-0.4, -0.2) is 14.2 Å². The van der Waals surface area contributed by atoms with Crippen LogP contribution in [-0.2, 0) is 0 Å². The molecular weight excluding hydrogens is 295 g/mol. The van der Waals surface area contributed by atoms with E-state index in [1.165, 1.54) is 14.2 Å². The number of benzene rings is 1. The highest BCUT2D eigenvalue weighted by Crippen LogP contribution is 2.37. The summed E-state index contributed by atoms with van der Waals surface area (Å²) in [6.07, 6.45) is 0. The first-order chi connectivity index (χ1) is 6.65. The maximum Gasteiger partial charge on any atom is 0.175 e. The standard InChI is InChI=1S/C9H9IN2O2/c1-13-7-3-6(12)5(4-11)8(10)9(7)14-2/h3H,12H2,1-2H3. The van der Waals surface area contributed by atoms with Gasteiger partial charge in [0.25, 0.3) is 0 Å². The van der Waals surface area contributed by atoms with Crippen LogP contribution in [0.5, 0.6) is 11.5 Å². The van der Waals surface area contributed by atoms with Crippen LogP contribution < -0.4 is 15.2 Å². The molecular formula is C9H9IN2O2. The van der Waals surface area contributed by atoms with Crippen molar-refractivity contribution in [3.05, 3.63) is 15.2 Å². The van der Waals surface area contributed by atoms with Gasteiger partial charge in [0, 0.05) is 6.07 Å². The van der Waals surface area contributed by atoms with E-state index in [0.717, 1.165) is 0 Å². The molecule has 5 heteroatoms. The molecule has 0 heterocycles. The minimum Gasteiger partial charge on any atom is -0.493 e. The molecule has 0 spiro atoms. The van der Waals surface area contributed by atoms with Crippen molar-refractivity contribution in [2.45, 2.75) is 0 Å². The first-order valence-corrected chi connectivity index (χ1v) is 4.83. The van der Waals surface area contributed by atoms with Gasteiger partial charge in [-0.05, 0) is 22.6 Å². The zero-order valence-electron chi connectivity index (χ0n) is 7.80. The number of nitrogens with zero attached hydrogens (tertiary/aromatic N) is 1. The van der Waals surface area contributed by atoms with Gasteiger partial charge in [0.15, 0.2) is 11.5 Å². The number of ether oxygens (including phenoxy) is 2. The maximum atomic E-state index is 8.85. The SMILES string of the molecule is COc1cc(N)c(C#N)c(I)c1OC. The second-order valence-electron chi connectivity index (χ2n) is 2.50. The second kappa shape index (κ2) is 4.37. The van der Waals surface area contributed by atoms with Crippen LogP contribution in [0.1, 0.15) is 5.56 Å². The molecule has 0 aliphatic carbocycles. The zero-order chi connectivity index (χ0) is 10.7. The summed E-state index contributed by atoms with van der Waals surface area (Å²) in [7, 11) is 3.05. The Balaban J connectivity index is 3.49. The van der Waals surface area contributed by atoms with Crippen LogP contribution in [0.2, 0.25) is 0 Å². The number of hydrogen-bond donors (Lipinski definition) is 1. The first-order valence-electron chi connectivity index (χ1n) is 3.75. The van der Waals surface area contributed by atoms with Gasteiger partial charge in [0.05, 0.1) is 29.0 Å². The quantitative estimate of drug-likeness (QED) is 0.668. The number of hydrogen-bond acceptors (Lipinski definition) is 4. The van der Waals surface area contributed by atoms with Gasteiger partial charge in [-0.1, -0.05) is 0 Å². The fourth-order valence-electron chi connectivity index (χ4n) is 1.08. The maximum absolute atomic E-state index is 8.85. The zero-order valence-corrected chi connectivity index (χ0v) is 9.95. The molecule has 0 radical (unpaired) electrons. The van der Waals surface area contributed by atoms with Crippen LogP contribution in [0.4, 0.5) is 5.69 Å². The van der Waals surface area contributed by atoms with Crippen molar-refractivity contribution in [1.29, 1.82) is 5.26 Å². The molecule has 0 atom stereocenters. The molecule has 14 heavy (non-hydrogen) atoms. The van der Waals surface area contributed by atoms with Gasteiger partial charge in [0.2, 0.25) is 0 Å². The Bertz CT molecular complexity index is 399. The monoisotopic (exact) mass is 304 g/mol. The smallest absolute Gasteiger partial charge is 0.175 e. The van der Waals surface area contributed by atoms with Gasteiger partial charge < -0.3 is 15.2 Å². The Morgan fingerprint density at radius 2 is 2.07 bits per heavy atom. The van der Waals surface area contributed by atoms with Crippen molar-refractivity contribution in [2.75, 3.05) is 20.0 Å². The Morgan fingerprint density at radius 3 is 2.50 bits per heavy atom. The Morgan fingerprint density at radius 1 is 1.43 bits per heavy atom. The van der Waals surface area contributed by atoms with Crippen molar-refractivity contribution in [2.24, 2.45) is 0 Å². The largest absolute Gasteiger partial charge is 0.493 e. The van der Waals surface area contributed by atoms with Crippen LogP contribution in [0, 0.1) is 14.9 Å². The highest BCUT2D eigenvalue weighted by atomic mass is 127. The van der Waals surface area contributed by atoms with E-state index < -0.39 is 0 Å². The van der Waals surface area contributed by atoms with Crippen molar-refractivity contribution in [3.63, 3.8) is 0 Å². The van der Waals surface area contributed by atoms with Crippen molar-refractivity contribution >= 4 is 28.3 Å². The molecule has 0 aromatic heterocycles. The number of methoxy groups -OCH3 is 2. The molecule has 0 unspecified atom stereocenters. The highest BCUT2D eigenvalue weighted by Gasteiger charge is 2.15. The summed E-state index contributed by atoms with van der Waals surface area (Å²) in [5.41, 5.74) is 6.49. The van der Waals surface area contributed by atoms with E-state index in [9.17, 15) is 0 Å². The van der Waals surface area contributed by atoms with Gasteiger partial charge in [0.1, 0.15) is 6.07 Å². The molecule has 0 amide bonds. The third-order valence-electron chi connectivity index (χ3n) is 1.75. The van der Waals surface area contributed by atoms with Crippen LogP contribution in [0.15, 0.2) is 6.07 Å². The fraction of sp³-hybridized carbons (Fsp3) is 0.222. The lowest BCUT2D eigenvalue weighted by atomic mass is 10.2. The first kappa shape index (κ1) is 10.9. The minimum atomic E-state index is 0.398. The molecule has 2 N–H and O–H groups in total. The lowest BCUT2D eigenvalue weighted by Gasteiger charge is -2.11. The Hall–Kier alpha value is -1.16. The summed E-state index contributed by atoms with van der Waals surface area (Å²) in [5, 5.41) is 8.85. The molecule has 74 valence electrons. The number of nitrogens with two attached hydrogens (primary N) is 1. The summed E-state index contributed by atoms with van der Waals surface area (Å²) in [6, 6.07) is 3.60. The molecule has 1 aromatic carbocycles. The van der Waals surface area contributed by atoms with E-state index in [1.54, 1.807) is 6.07 Å². The molecule has 1 aromatic rings. The number of nitrogen functional groups attached to an aromatic ring is 1. The van der Waals surface area contributed by atoms with Gasteiger partial charge in [-0.15, -0.1) is 0 Å². The van der Waals surface area contributed by atoms with Gasteiger partial charge in [-0.25, -0.2) is 0 Å². The average Bonchev–Trinajstić information content (AvgIpc) is 2.17. The van der Waals surface area contributed by atoms with Crippen LogP contribution in [0.25, 0.3) is 0 Å². The van der Waals surface area contributed by atoms with Crippen LogP contribution >= 0.6 is 22.6 Å². The lowest BCUT2D eigenvalue weighted by molar-refractivity contribution is 0.353. The summed E-state index contributed by atoms with van der Waals surface area (Å²) < 4.78 is 10.9. The molecule has 0 fully saturated rings. The van der Waals surface area contributed by atoms with E-state index in [4.69, 9.17) is 20.5 Å². The Kier molecular flexibility index (Phi) is 3.41. The van der Waals surface area contributed by atoms with E-state index in [1.807, 2.05) is 28.7 Å². The van der Waals surface area contributed by atoms with E-state index in [2.05, 4.69) is 0 Å². The van der Waals surface area contributed by atoms with Crippen molar-refractivity contribution in [3.8, 4) is 17.6 Å². The second-order valence-corrected chi connectivity index (χ2v) is 3.58. The van der Waals surface area contributed by atoms with E-state index in [0.29, 0.717) is 26.3 Å². The number of nitriles is 1. The summed E-state index contributed by atoms with van der Waals surface area (Å²) in [6.45, 7) is 0. The lowest BCUT2D eigenvalue weighted by Crippen LogP contribution is -2.00. The number of anilines is 1. The molecule has 0 saturated carbocycles. The molecule has 0 saturated heterocycles. The summed E-state index contributed by atoms with van der Waals surface area (Å²) in [5.74, 6) is 1.08. The summed E-state index contributed by atoms with van der Waals surface area (Å²) >= 11 is 2.01. The van der Waals surface area contributed by atoms with Gasteiger partial charge >= 0.3 is 0 Å². The molecule has 0 bridgehead atoms. The predicted molar refractivity (Wildman–Crippen MR) is 61.4 cm³/mol. The topological polar surface area (TPSA) is 68.3 Å². The highest BCUT2D eigenvalue weighted by molar-refractivity contribution is 14.1. The number of rotatable bonds is 2. The third kappa shape index (κ3) is 1.70. The fourth-order valence-corrected chi connectivity index (χ4v) is 2.00. The Labute approximate surface area is 95.7 Å². The normalized spacial score (nSPS) is 9.29. The molecule has 1 rings (SSSR count). The number of halogens is 1. The molecule has 0 aliphatic heterocycles. The molecule has 0 aliphatic rings. The average molecular weight is 304 g/mol. The predicted octanol–water partition coefficient (Wildman–Crippen LogP) is 1.76. The van der Waals surface area contributed by atoms with Gasteiger partial charge in [-0.2, -0.15) is 5.26 Å². The van der Waals surface area contributed by atoms with Crippen molar-refractivity contribution in [1.82, 2.24) is 0 Å². The van der Waals surface area contributed by atoms with Crippen molar-refractivity contribution < 1.29 is 9.47 Å². The molecule has 4 nitrogen and oxygen atoms in total. The van der Waals surface area contributed by atoms with Crippen LogP contribution in [0.3, 0.4) is 0 Å². The summed E-state index contributed by atoms with van der Waals surface area (Å²) in [4.78, 5) is 0.